The molecule has 3 saturated carbocycles. The van der Waals surface area contributed by atoms with Crippen LogP contribution in [0.15, 0.2) is 35.0 Å². The quantitative estimate of drug-likeness (QED) is 0.402. The van der Waals surface area contributed by atoms with Crippen molar-refractivity contribution in [3.05, 3.63) is 63.7 Å². The third-order valence-corrected chi connectivity index (χ3v) is 6.66. The minimum absolute atomic E-state index is 0.0232. The van der Waals surface area contributed by atoms with E-state index in [1.54, 1.807) is 0 Å². The zero-order valence-electron chi connectivity index (χ0n) is 18.2. The molecule has 3 aromatic rings. The lowest BCUT2D eigenvalue weighted by atomic mass is 9.39. The van der Waals surface area contributed by atoms with Crippen molar-refractivity contribution >= 4 is 29.1 Å². The van der Waals surface area contributed by atoms with E-state index in [9.17, 15) is 22.4 Å². The molecule has 3 aliphatic carbocycles. The minimum atomic E-state index is -4.67. The summed E-state index contributed by atoms with van der Waals surface area (Å²) in [4.78, 5) is 19.9. The largest absolute Gasteiger partial charge is 0.484 e. The Bertz CT molecular complexity index is 1310. The number of rotatable bonds is 8. The van der Waals surface area contributed by atoms with E-state index in [0.29, 0.717) is 25.2 Å². The van der Waals surface area contributed by atoms with Crippen LogP contribution in [0.4, 0.5) is 17.6 Å². The molecule has 2 bridgehead atoms. The van der Waals surface area contributed by atoms with Gasteiger partial charge in [-0.15, -0.1) is 0 Å². The first-order valence-corrected chi connectivity index (χ1v) is 11.3. The molecule has 0 radical (unpaired) electrons. The third kappa shape index (κ3) is 4.66. The number of benzene rings is 1. The van der Waals surface area contributed by atoms with Gasteiger partial charge in [-0.1, -0.05) is 28.4 Å². The van der Waals surface area contributed by atoms with Crippen LogP contribution in [0.25, 0.3) is 0 Å². The van der Waals surface area contributed by atoms with Crippen LogP contribution in [0.5, 0.6) is 11.5 Å². The first-order valence-electron chi connectivity index (χ1n) is 10.5. The van der Waals surface area contributed by atoms with Crippen molar-refractivity contribution in [1.82, 2.24) is 20.4 Å². The lowest BCUT2D eigenvalue weighted by Gasteiger charge is -2.68. The molecule has 0 atom stereocenters. The molecule has 1 N–H and O–H groups in total. The summed E-state index contributed by atoms with van der Waals surface area (Å²) < 4.78 is 67.8. The Labute approximate surface area is 210 Å². The highest BCUT2D eigenvalue weighted by Crippen LogP contribution is 2.67. The van der Waals surface area contributed by atoms with Crippen molar-refractivity contribution in [2.75, 3.05) is 6.61 Å². The zero-order valence-corrected chi connectivity index (χ0v) is 19.7. The Morgan fingerprint density at radius 2 is 1.86 bits per heavy atom. The second kappa shape index (κ2) is 8.77. The first kappa shape index (κ1) is 24.6. The van der Waals surface area contributed by atoms with Gasteiger partial charge in [-0.05, 0) is 31.4 Å². The fourth-order valence-corrected chi connectivity index (χ4v) is 4.96. The average molecular weight is 547 g/mol. The molecule has 8 nitrogen and oxygen atoms in total. The second-order valence-electron chi connectivity index (χ2n) is 8.81. The molecule has 1 aromatic carbocycles. The van der Waals surface area contributed by atoms with Gasteiger partial charge in [0, 0.05) is 17.7 Å². The summed E-state index contributed by atoms with van der Waals surface area (Å²) in [6.45, 7) is -0.436. The first-order chi connectivity index (χ1) is 17.0. The summed E-state index contributed by atoms with van der Waals surface area (Å²) in [6.07, 6.45) is -1.95. The van der Waals surface area contributed by atoms with Crippen LogP contribution < -0.4 is 14.8 Å². The summed E-state index contributed by atoms with van der Waals surface area (Å²) in [5, 5.41) is 6.16. The maximum Gasteiger partial charge on any atom is 0.434 e. The Morgan fingerprint density at radius 3 is 2.53 bits per heavy atom. The van der Waals surface area contributed by atoms with Gasteiger partial charge >= 0.3 is 6.18 Å². The SMILES string of the molecule is O=C(COc1ccc(Cl)c(F)c1)NC12CC(c3nc(COc4cnc(C(F)(F)F)c(Cl)c4)no3)(C1)C2. The lowest BCUT2D eigenvalue weighted by molar-refractivity contribution is -0.144. The predicted octanol–water partition coefficient (Wildman–Crippen LogP) is 4.88. The van der Waals surface area contributed by atoms with E-state index in [4.69, 9.17) is 37.2 Å². The van der Waals surface area contributed by atoms with Crippen LogP contribution in [0.2, 0.25) is 10.0 Å². The average Bonchev–Trinajstić information content (AvgIpc) is 3.22. The molecule has 0 aliphatic heterocycles. The van der Waals surface area contributed by atoms with Crippen LogP contribution in [-0.4, -0.2) is 33.2 Å². The molecule has 36 heavy (non-hydrogen) atoms. The number of ether oxygens (including phenoxy) is 2. The van der Waals surface area contributed by atoms with E-state index < -0.39 is 22.7 Å². The van der Waals surface area contributed by atoms with E-state index >= 15 is 0 Å². The van der Waals surface area contributed by atoms with Crippen molar-refractivity contribution in [2.24, 2.45) is 0 Å². The van der Waals surface area contributed by atoms with E-state index in [1.165, 1.54) is 12.1 Å². The van der Waals surface area contributed by atoms with Gasteiger partial charge in [0.05, 0.1) is 21.7 Å². The lowest BCUT2D eigenvalue weighted by Crippen LogP contribution is -2.77. The molecule has 1 amide bonds. The zero-order chi connectivity index (χ0) is 25.7. The van der Waals surface area contributed by atoms with Crippen LogP contribution >= 0.6 is 23.2 Å². The van der Waals surface area contributed by atoms with Gasteiger partial charge in [0.2, 0.25) is 11.7 Å². The number of amides is 1. The van der Waals surface area contributed by atoms with Crippen LogP contribution in [0, 0.1) is 5.82 Å². The van der Waals surface area contributed by atoms with Crippen molar-refractivity contribution in [1.29, 1.82) is 0 Å². The molecule has 0 saturated heterocycles. The van der Waals surface area contributed by atoms with E-state index in [2.05, 4.69) is 20.4 Å². The molecule has 14 heteroatoms. The maximum atomic E-state index is 13.5. The van der Waals surface area contributed by atoms with Crippen molar-refractivity contribution < 1.29 is 36.4 Å². The third-order valence-electron chi connectivity index (χ3n) is 6.07. The molecular weight excluding hydrogens is 531 g/mol. The normalized spacial score (nSPS) is 22.4. The molecular formula is C22H16Cl2F4N4O4. The molecule has 6 rings (SSSR count). The van der Waals surface area contributed by atoms with Crippen molar-refractivity contribution in [3.8, 4) is 11.5 Å². The highest BCUT2D eigenvalue weighted by atomic mass is 35.5. The molecule has 0 unspecified atom stereocenters. The Balaban J connectivity index is 1.10. The predicted molar refractivity (Wildman–Crippen MR) is 116 cm³/mol. The fourth-order valence-electron chi connectivity index (χ4n) is 4.58. The Morgan fingerprint density at radius 1 is 1.11 bits per heavy atom. The number of hydrogen-bond donors (Lipinski definition) is 1. The van der Waals surface area contributed by atoms with Gasteiger partial charge in [-0.2, -0.15) is 18.2 Å². The molecule has 3 aliphatic rings. The number of nitrogens with one attached hydrogen (secondary N) is 1. The number of pyridine rings is 1. The number of alkyl halides is 3. The maximum absolute atomic E-state index is 13.5. The highest BCUT2D eigenvalue weighted by molar-refractivity contribution is 6.31. The highest BCUT2D eigenvalue weighted by Gasteiger charge is 2.72. The van der Waals surface area contributed by atoms with E-state index in [1.807, 2.05) is 0 Å². The second-order valence-corrected chi connectivity index (χ2v) is 9.62. The van der Waals surface area contributed by atoms with Crippen molar-refractivity contribution in [2.45, 2.75) is 43.0 Å². The van der Waals surface area contributed by atoms with Crippen LogP contribution in [-0.2, 0) is 23.0 Å². The van der Waals surface area contributed by atoms with Gasteiger partial charge in [0.25, 0.3) is 5.91 Å². The van der Waals surface area contributed by atoms with Gasteiger partial charge in [-0.3, -0.25) is 4.79 Å². The number of hydrogen-bond acceptors (Lipinski definition) is 7. The molecule has 0 spiro atoms. The Hall–Kier alpha value is -3.12. The fraction of sp³-hybridized carbons (Fsp3) is 0.364. The number of aromatic nitrogens is 3. The summed E-state index contributed by atoms with van der Waals surface area (Å²) in [7, 11) is 0. The number of nitrogens with zero attached hydrogens (tertiary/aromatic N) is 3. The molecule has 190 valence electrons. The standard InChI is InChI=1S/C22H16Cl2F4N4O4/c23-13-2-1-11(4-15(13)25)35-7-17(33)31-21-8-20(9-21,10-21)19-30-16(32-36-19)6-34-12-3-14(24)18(29-5-12)22(26,27)28/h1-5H,6-10H2,(H,31,33). The number of halogens is 6. The van der Waals surface area contributed by atoms with Gasteiger partial charge in [0.1, 0.15) is 17.3 Å². The van der Waals surface area contributed by atoms with Crippen molar-refractivity contribution in [3.63, 3.8) is 0 Å². The summed E-state index contributed by atoms with van der Waals surface area (Å²) >= 11 is 11.3. The van der Waals surface area contributed by atoms with E-state index in [-0.39, 0.29) is 52.4 Å². The Kier molecular flexibility index (Phi) is 5.98. The van der Waals surface area contributed by atoms with Gasteiger partial charge in [-0.25, -0.2) is 9.37 Å². The summed E-state index contributed by atoms with van der Waals surface area (Å²) in [5.41, 5.74) is -1.94. The molecule has 2 aromatic heterocycles. The minimum Gasteiger partial charge on any atom is -0.484 e. The monoisotopic (exact) mass is 546 g/mol. The number of carbonyl (C=O) groups excluding carboxylic acids is 1. The molecule has 3 fully saturated rings. The smallest absolute Gasteiger partial charge is 0.434 e. The van der Waals surface area contributed by atoms with Crippen LogP contribution in [0.3, 0.4) is 0 Å². The molecule has 2 heterocycles. The van der Waals surface area contributed by atoms with Gasteiger partial charge < -0.3 is 19.3 Å². The summed E-state index contributed by atoms with van der Waals surface area (Å²) in [5.74, 6) is -0.172. The van der Waals surface area contributed by atoms with Crippen LogP contribution in [0.1, 0.15) is 36.7 Å². The number of carbonyl (C=O) groups is 1. The van der Waals surface area contributed by atoms with Gasteiger partial charge in [0.15, 0.2) is 18.9 Å². The topological polar surface area (TPSA) is 99.4 Å². The van der Waals surface area contributed by atoms with E-state index in [0.717, 1.165) is 18.3 Å². The summed E-state index contributed by atoms with van der Waals surface area (Å²) in [6, 6.07) is 4.92.